The molecule has 0 saturated carbocycles. The number of hydrogen-bond donors (Lipinski definition) is 2. The number of rotatable bonds is 7. The number of benzene rings is 2. The average molecular weight is 559 g/mol. The molecule has 9 nitrogen and oxygen atoms in total. The maximum Gasteiger partial charge on any atom is 0.337 e. The minimum absolute atomic E-state index is 0.0296. The zero-order valence-corrected chi connectivity index (χ0v) is 22.0. The summed E-state index contributed by atoms with van der Waals surface area (Å²) in [6.45, 7) is 1.96. The first-order valence-corrected chi connectivity index (χ1v) is 12.6. The van der Waals surface area contributed by atoms with Gasteiger partial charge < -0.3 is 15.4 Å². The molecular formula is C25H20Cl2N4O5S. The first-order chi connectivity index (χ1) is 17.7. The Balaban J connectivity index is 1.76. The number of nitrogens with one attached hydrogen (secondary N) is 2. The van der Waals surface area contributed by atoms with Gasteiger partial charge in [-0.2, -0.15) is 0 Å². The van der Waals surface area contributed by atoms with Crippen molar-refractivity contribution in [2.24, 2.45) is 0 Å². The molecule has 0 fully saturated rings. The fourth-order valence-electron chi connectivity index (χ4n) is 3.58. The normalized spacial score (nSPS) is 10.8. The van der Waals surface area contributed by atoms with Crippen molar-refractivity contribution in [3.63, 3.8) is 0 Å². The number of carbonyl (C=O) groups excluding carboxylic acids is 3. The maximum atomic E-state index is 13.4. The highest BCUT2D eigenvalue weighted by molar-refractivity contribution is 7.19. The van der Waals surface area contributed by atoms with Gasteiger partial charge in [-0.05, 0) is 48.9 Å². The predicted octanol–water partition coefficient (Wildman–Crippen LogP) is 5.31. The Hall–Kier alpha value is -3.73. The van der Waals surface area contributed by atoms with Gasteiger partial charge in [-0.3, -0.25) is 14.4 Å². The Labute approximate surface area is 225 Å². The van der Waals surface area contributed by atoms with Gasteiger partial charge in [0.1, 0.15) is 10.6 Å². The molecule has 2 heterocycles. The molecule has 2 aromatic carbocycles. The third-order valence-corrected chi connectivity index (χ3v) is 6.66. The Bertz CT molecular complexity index is 1560. The number of nitrogens with zero attached hydrogens (tertiary/aromatic N) is 2. The number of halogens is 2. The lowest BCUT2D eigenvalue weighted by atomic mass is 10.2. The topological polar surface area (TPSA) is 119 Å². The van der Waals surface area contributed by atoms with E-state index in [-0.39, 0.29) is 15.5 Å². The molecule has 0 radical (unpaired) electrons. The van der Waals surface area contributed by atoms with E-state index >= 15 is 0 Å². The minimum atomic E-state index is -0.710. The lowest BCUT2D eigenvalue weighted by Gasteiger charge is -2.09. The summed E-state index contributed by atoms with van der Waals surface area (Å²) in [5.41, 5.74) is 0.854. The number of hydrogen-bond acceptors (Lipinski definition) is 7. The second-order valence-corrected chi connectivity index (χ2v) is 9.72. The van der Waals surface area contributed by atoms with Crippen LogP contribution in [0.25, 0.3) is 4.96 Å². The van der Waals surface area contributed by atoms with Crippen molar-refractivity contribution in [1.29, 1.82) is 0 Å². The summed E-state index contributed by atoms with van der Waals surface area (Å²) < 4.78 is 5.79. The number of methoxy groups -OCH3 is 1. The minimum Gasteiger partial charge on any atom is -0.465 e. The van der Waals surface area contributed by atoms with Crippen LogP contribution in [0.4, 0.5) is 11.4 Å². The van der Waals surface area contributed by atoms with Gasteiger partial charge in [-0.1, -0.05) is 47.9 Å². The third-order valence-electron chi connectivity index (χ3n) is 5.18. The van der Waals surface area contributed by atoms with Crippen molar-refractivity contribution in [3.05, 3.63) is 90.8 Å². The monoisotopic (exact) mass is 558 g/mol. The molecule has 0 aliphatic rings. The van der Waals surface area contributed by atoms with Gasteiger partial charge in [-0.25, -0.2) is 14.2 Å². The van der Waals surface area contributed by atoms with Gasteiger partial charge in [0.2, 0.25) is 0 Å². The van der Waals surface area contributed by atoms with Gasteiger partial charge in [0.25, 0.3) is 17.4 Å². The molecule has 190 valence electrons. The number of carbonyl (C=O) groups is 3. The third kappa shape index (κ3) is 5.82. The number of anilines is 2. The van der Waals surface area contributed by atoms with Crippen LogP contribution in [0, 0.1) is 0 Å². The zero-order chi connectivity index (χ0) is 26.7. The molecule has 12 heteroatoms. The van der Waals surface area contributed by atoms with Crippen LogP contribution < -0.4 is 16.2 Å². The van der Waals surface area contributed by atoms with E-state index in [0.717, 1.165) is 22.2 Å². The van der Waals surface area contributed by atoms with Crippen molar-refractivity contribution in [3.8, 4) is 0 Å². The molecule has 2 aromatic heterocycles. The Morgan fingerprint density at radius 2 is 1.62 bits per heavy atom. The van der Waals surface area contributed by atoms with Crippen LogP contribution in [-0.4, -0.2) is 34.3 Å². The van der Waals surface area contributed by atoms with Crippen LogP contribution in [0.2, 0.25) is 10.0 Å². The van der Waals surface area contributed by atoms with Crippen molar-refractivity contribution in [1.82, 2.24) is 9.38 Å². The number of aryl methyl sites for hydroxylation is 1. The molecule has 0 unspecified atom stereocenters. The van der Waals surface area contributed by atoms with E-state index < -0.39 is 23.3 Å². The molecule has 0 atom stereocenters. The highest BCUT2D eigenvalue weighted by atomic mass is 35.5. The van der Waals surface area contributed by atoms with Gasteiger partial charge in [-0.15, -0.1) is 0 Å². The quantitative estimate of drug-likeness (QED) is 0.297. The largest absolute Gasteiger partial charge is 0.465 e. The van der Waals surface area contributed by atoms with Crippen LogP contribution in [-0.2, 0) is 11.2 Å². The summed E-state index contributed by atoms with van der Waals surface area (Å²) in [6, 6.07) is 11.9. The van der Waals surface area contributed by atoms with Crippen LogP contribution in [0.5, 0.6) is 0 Å². The SMILES string of the molecule is CCCc1cc(=O)n2c(C(=O)Nc3ccc(C(=O)OC)cc3)c(C(=O)Nc3cc(Cl)cc(Cl)c3)sc2n1. The van der Waals surface area contributed by atoms with Gasteiger partial charge in [0.05, 0.1) is 12.7 Å². The first-order valence-electron chi connectivity index (χ1n) is 11.0. The lowest BCUT2D eigenvalue weighted by Crippen LogP contribution is -2.25. The molecule has 0 saturated heterocycles. The molecule has 2 N–H and O–H groups in total. The van der Waals surface area contributed by atoms with E-state index in [0.29, 0.717) is 39.1 Å². The molecule has 4 aromatic rings. The molecule has 37 heavy (non-hydrogen) atoms. The summed E-state index contributed by atoms with van der Waals surface area (Å²) in [5, 5.41) is 5.97. The highest BCUT2D eigenvalue weighted by Gasteiger charge is 2.27. The number of fused-ring (bicyclic) bond motifs is 1. The van der Waals surface area contributed by atoms with Gasteiger partial charge in [0, 0.05) is 33.2 Å². The second kappa shape index (κ2) is 11.1. The summed E-state index contributed by atoms with van der Waals surface area (Å²) >= 11 is 13.0. The molecular weight excluding hydrogens is 539 g/mol. The smallest absolute Gasteiger partial charge is 0.337 e. The molecule has 0 bridgehead atoms. The number of ether oxygens (including phenoxy) is 1. The van der Waals surface area contributed by atoms with Crippen molar-refractivity contribution < 1.29 is 19.1 Å². The average Bonchev–Trinajstić information content (AvgIpc) is 3.24. The fraction of sp³-hybridized carbons (Fsp3) is 0.160. The van der Waals surface area contributed by atoms with Crippen LogP contribution >= 0.6 is 34.5 Å². The molecule has 0 aliphatic heterocycles. The number of esters is 1. The molecule has 2 amide bonds. The lowest BCUT2D eigenvalue weighted by molar-refractivity contribution is 0.0600. The number of amides is 2. The van der Waals surface area contributed by atoms with Crippen molar-refractivity contribution in [2.75, 3.05) is 17.7 Å². The fourth-order valence-corrected chi connectivity index (χ4v) is 5.14. The van der Waals surface area contributed by atoms with E-state index in [2.05, 4.69) is 20.4 Å². The number of aromatic nitrogens is 2. The summed E-state index contributed by atoms with van der Waals surface area (Å²) in [5.74, 6) is -1.88. The summed E-state index contributed by atoms with van der Waals surface area (Å²) in [6.07, 6.45) is 1.34. The van der Waals surface area contributed by atoms with E-state index in [9.17, 15) is 19.2 Å². The standard InChI is InChI=1S/C25H20Cl2N4O5S/c1-3-4-17-12-19(32)31-20(22(33)28-16-7-5-13(6-8-16)24(35)36-2)21(37-25(31)30-17)23(34)29-18-10-14(26)9-15(27)11-18/h5-12H,3-4H2,1-2H3,(H,28,33)(H,29,34). The van der Waals surface area contributed by atoms with Gasteiger partial charge >= 0.3 is 5.97 Å². The van der Waals surface area contributed by atoms with Gasteiger partial charge in [0.15, 0.2) is 4.96 Å². The molecule has 0 aliphatic carbocycles. The summed E-state index contributed by atoms with van der Waals surface area (Å²) in [4.78, 5) is 56.1. The summed E-state index contributed by atoms with van der Waals surface area (Å²) in [7, 11) is 1.27. The van der Waals surface area contributed by atoms with E-state index in [1.807, 2.05) is 6.92 Å². The Morgan fingerprint density at radius 1 is 0.973 bits per heavy atom. The van der Waals surface area contributed by atoms with E-state index in [1.54, 1.807) is 0 Å². The van der Waals surface area contributed by atoms with Crippen LogP contribution in [0.1, 0.15) is 49.6 Å². The maximum absolute atomic E-state index is 13.4. The zero-order valence-electron chi connectivity index (χ0n) is 19.6. The van der Waals surface area contributed by atoms with Crippen molar-refractivity contribution in [2.45, 2.75) is 19.8 Å². The van der Waals surface area contributed by atoms with E-state index in [4.69, 9.17) is 23.2 Å². The van der Waals surface area contributed by atoms with Crippen LogP contribution in [0.3, 0.4) is 0 Å². The second-order valence-electron chi connectivity index (χ2n) is 7.87. The Morgan fingerprint density at radius 3 is 2.24 bits per heavy atom. The molecule has 0 spiro atoms. The highest BCUT2D eigenvalue weighted by Crippen LogP contribution is 2.27. The molecule has 4 rings (SSSR count). The number of thiazole rings is 1. The van der Waals surface area contributed by atoms with Crippen LogP contribution in [0.15, 0.2) is 53.3 Å². The van der Waals surface area contributed by atoms with E-state index in [1.165, 1.54) is 55.6 Å². The predicted molar refractivity (Wildman–Crippen MR) is 143 cm³/mol. The van der Waals surface area contributed by atoms with Crippen molar-refractivity contribution >= 4 is 68.7 Å². The Kier molecular flexibility index (Phi) is 7.91. The first kappa shape index (κ1) is 26.3.